The summed E-state index contributed by atoms with van der Waals surface area (Å²) in [5.41, 5.74) is 5.94. The molecule has 10 heteroatoms. The van der Waals surface area contributed by atoms with E-state index in [4.69, 9.17) is 4.98 Å². The molecule has 1 aromatic heterocycles. The first kappa shape index (κ1) is 28.6. The first-order chi connectivity index (χ1) is 20.8. The number of aryl methyl sites for hydroxylation is 2. The minimum atomic E-state index is -3.23. The number of sulfonamides is 1. The molecule has 1 saturated heterocycles. The predicted molar refractivity (Wildman–Crippen MR) is 173 cm³/mol. The van der Waals surface area contributed by atoms with Crippen LogP contribution in [0.3, 0.4) is 0 Å². The zero-order valence-corrected chi connectivity index (χ0v) is 26.0. The average molecular weight is 602 g/mol. The van der Waals surface area contributed by atoms with Gasteiger partial charge in [-0.05, 0) is 105 Å². The quantitative estimate of drug-likeness (QED) is 0.281. The standard InChI is InChI=1S/C33H43N7O2S/c1-22-15-25(21-35-43(41,42)30-9-10-30)18-28(16-22)36-32-23(2)20-34-33(38-32)37-27-5-7-29(8-6-27)39-11-13-40(14-12-39)31-19-24-3-4-26(31)17-24/h5-8,15-16,18,20,24,26,30-31,35H,3-4,9-14,17,19,21H2,1-2H3,(H2,34,36,37,38). The van der Waals surface area contributed by atoms with Crippen molar-refractivity contribution in [2.75, 3.05) is 41.7 Å². The molecular formula is C33H43N7O2S. The fraction of sp³-hybridized carbons (Fsp3) is 0.515. The van der Waals surface area contributed by atoms with Gasteiger partial charge in [-0.25, -0.2) is 18.1 Å². The molecule has 228 valence electrons. The van der Waals surface area contributed by atoms with Gasteiger partial charge in [-0.1, -0.05) is 12.5 Å². The Hall–Kier alpha value is -3.21. The van der Waals surface area contributed by atoms with Crippen LogP contribution in [-0.2, 0) is 16.6 Å². The van der Waals surface area contributed by atoms with Gasteiger partial charge < -0.3 is 15.5 Å². The molecule has 0 spiro atoms. The van der Waals surface area contributed by atoms with Crippen LogP contribution in [0.5, 0.6) is 0 Å². The number of piperazine rings is 1. The van der Waals surface area contributed by atoms with Gasteiger partial charge in [0.25, 0.3) is 0 Å². The number of hydrogen-bond acceptors (Lipinski definition) is 8. The first-order valence-electron chi connectivity index (χ1n) is 15.8. The number of fused-ring (bicyclic) bond motifs is 2. The molecule has 4 fully saturated rings. The van der Waals surface area contributed by atoms with Crippen molar-refractivity contribution in [2.24, 2.45) is 11.8 Å². The van der Waals surface area contributed by atoms with Crippen LogP contribution >= 0.6 is 0 Å². The maximum Gasteiger partial charge on any atom is 0.229 e. The normalized spacial score (nSPS) is 24.0. The van der Waals surface area contributed by atoms with Gasteiger partial charge in [-0.3, -0.25) is 4.90 Å². The topological polar surface area (TPSA) is 102 Å². The molecule has 43 heavy (non-hydrogen) atoms. The molecule has 3 N–H and O–H groups in total. The number of hydrogen-bond donors (Lipinski definition) is 3. The molecule has 0 amide bonds. The summed E-state index contributed by atoms with van der Waals surface area (Å²) in [6.07, 6.45) is 9.13. The van der Waals surface area contributed by atoms with Crippen LogP contribution in [0.25, 0.3) is 0 Å². The van der Waals surface area contributed by atoms with Crippen LogP contribution in [0.1, 0.15) is 55.2 Å². The summed E-state index contributed by atoms with van der Waals surface area (Å²) in [6.45, 7) is 8.76. The van der Waals surface area contributed by atoms with Crippen LogP contribution in [0.4, 0.5) is 28.8 Å². The first-order valence-corrected chi connectivity index (χ1v) is 17.4. The highest BCUT2D eigenvalue weighted by atomic mass is 32.2. The molecule has 1 aliphatic heterocycles. The van der Waals surface area contributed by atoms with E-state index in [1.807, 2.05) is 38.2 Å². The molecule has 3 saturated carbocycles. The molecule has 3 aliphatic carbocycles. The monoisotopic (exact) mass is 601 g/mol. The van der Waals surface area contributed by atoms with Crippen LogP contribution in [0.15, 0.2) is 48.7 Å². The number of nitrogens with zero attached hydrogens (tertiary/aromatic N) is 4. The van der Waals surface area contributed by atoms with E-state index in [9.17, 15) is 8.42 Å². The maximum absolute atomic E-state index is 12.3. The summed E-state index contributed by atoms with van der Waals surface area (Å²) in [5.74, 6) is 3.18. The Kier molecular flexibility index (Phi) is 7.77. The van der Waals surface area contributed by atoms with Gasteiger partial charge in [0.05, 0.1) is 5.25 Å². The third-order valence-electron chi connectivity index (χ3n) is 9.78. The van der Waals surface area contributed by atoms with Crippen molar-refractivity contribution in [1.29, 1.82) is 0 Å². The lowest BCUT2D eigenvalue weighted by Crippen LogP contribution is -2.51. The summed E-state index contributed by atoms with van der Waals surface area (Å²) < 4.78 is 27.3. The zero-order valence-electron chi connectivity index (χ0n) is 25.2. The second kappa shape index (κ2) is 11.7. The summed E-state index contributed by atoms with van der Waals surface area (Å²) >= 11 is 0. The summed E-state index contributed by atoms with van der Waals surface area (Å²) in [7, 11) is -3.23. The minimum Gasteiger partial charge on any atom is -0.369 e. The van der Waals surface area contributed by atoms with E-state index in [2.05, 4.69) is 54.4 Å². The fourth-order valence-corrected chi connectivity index (χ4v) is 8.70. The molecule has 3 aromatic rings. The smallest absolute Gasteiger partial charge is 0.229 e. The van der Waals surface area contributed by atoms with Crippen LogP contribution < -0.4 is 20.3 Å². The Bertz CT molecular complexity index is 1570. The zero-order chi connectivity index (χ0) is 29.6. The van der Waals surface area contributed by atoms with Gasteiger partial charge in [0.2, 0.25) is 16.0 Å². The highest BCUT2D eigenvalue weighted by Crippen LogP contribution is 2.46. The van der Waals surface area contributed by atoms with Crippen molar-refractivity contribution in [3.05, 3.63) is 65.4 Å². The lowest BCUT2D eigenvalue weighted by Gasteiger charge is -2.41. The third kappa shape index (κ3) is 6.51. The summed E-state index contributed by atoms with van der Waals surface area (Å²) in [4.78, 5) is 14.5. The van der Waals surface area contributed by atoms with Gasteiger partial charge in [-0.2, -0.15) is 4.98 Å². The molecule has 4 aliphatic rings. The Morgan fingerprint density at radius 2 is 1.67 bits per heavy atom. The van der Waals surface area contributed by atoms with E-state index >= 15 is 0 Å². The van der Waals surface area contributed by atoms with E-state index in [0.29, 0.717) is 11.8 Å². The number of benzene rings is 2. The van der Waals surface area contributed by atoms with Crippen LogP contribution in [0.2, 0.25) is 0 Å². The number of aromatic nitrogens is 2. The SMILES string of the molecule is Cc1cc(CNS(=O)(=O)C2CC2)cc(Nc2nc(Nc3ccc(N4CCN(C5CC6CCC5C6)CC4)cc3)ncc2C)c1. The van der Waals surface area contributed by atoms with Crippen molar-refractivity contribution >= 4 is 38.9 Å². The minimum absolute atomic E-state index is 0.229. The lowest BCUT2D eigenvalue weighted by molar-refractivity contribution is 0.135. The van der Waals surface area contributed by atoms with E-state index in [1.54, 1.807) is 0 Å². The number of anilines is 5. The molecule has 9 nitrogen and oxygen atoms in total. The molecule has 3 unspecified atom stereocenters. The van der Waals surface area contributed by atoms with E-state index < -0.39 is 10.0 Å². The maximum atomic E-state index is 12.3. The van der Waals surface area contributed by atoms with Crippen molar-refractivity contribution in [3.63, 3.8) is 0 Å². The highest BCUT2D eigenvalue weighted by Gasteiger charge is 2.42. The second-order valence-electron chi connectivity index (χ2n) is 13.1. The number of nitrogens with one attached hydrogen (secondary N) is 3. The van der Waals surface area contributed by atoms with Gasteiger partial charge >= 0.3 is 0 Å². The third-order valence-corrected chi connectivity index (χ3v) is 11.7. The Labute approximate surface area is 255 Å². The second-order valence-corrected chi connectivity index (χ2v) is 15.1. The number of rotatable bonds is 10. The van der Waals surface area contributed by atoms with Crippen molar-refractivity contribution in [1.82, 2.24) is 19.6 Å². The van der Waals surface area contributed by atoms with Gasteiger partial charge in [0, 0.05) is 67.6 Å². The Morgan fingerprint density at radius 1 is 0.884 bits per heavy atom. The molecule has 2 aromatic carbocycles. The fourth-order valence-electron chi connectivity index (χ4n) is 7.34. The Balaban J connectivity index is 0.961. The van der Waals surface area contributed by atoms with Crippen LogP contribution in [-0.4, -0.2) is 60.8 Å². The highest BCUT2D eigenvalue weighted by molar-refractivity contribution is 7.90. The lowest BCUT2D eigenvalue weighted by atomic mass is 9.93. The van der Waals surface area contributed by atoms with Gasteiger partial charge in [0.1, 0.15) is 5.82 Å². The van der Waals surface area contributed by atoms with Crippen molar-refractivity contribution < 1.29 is 8.42 Å². The summed E-state index contributed by atoms with van der Waals surface area (Å²) in [6, 6.07) is 15.4. The summed E-state index contributed by atoms with van der Waals surface area (Å²) in [5, 5.41) is 6.55. The molecule has 3 atom stereocenters. The molecule has 0 radical (unpaired) electrons. The van der Waals surface area contributed by atoms with E-state index in [0.717, 1.165) is 71.9 Å². The predicted octanol–water partition coefficient (Wildman–Crippen LogP) is 5.47. The van der Waals surface area contributed by atoms with Gasteiger partial charge in [-0.15, -0.1) is 0 Å². The average Bonchev–Trinajstić information content (AvgIpc) is 3.67. The van der Waals surface area contributed by atoms with Crippen LogP contribution in [0, 0.1) is 25.7 Å². The van der Waals surface area contributed by atoms with Gasteiger partial charge in [0.15, 0.2) is 0 Å². The molecule has 2 bridgehead atoms. The van der Waals surface area contributed by atoms with Crippen molar-refractivity contribution in [3.8, 4) is 0 Å². The Morgan fingerprint density at radius 3 is 2.37 bits per heavy atom. The molecular weight excluding hydrogens is 558 g/mol. The molecule has 7 rings (SSSR count). The van der Waals surface area contributed by atoms with Crippen molar-refractivity contribution in [2.45, 2.75) is 70.2 Å². The van der Waals surface area contributed by atoms with E-state index in [-0.39, 0.29) is 11.8 Å². The molecule has 2 heterocycles. The van der Waals surface area contributed by atoms with E-state index in [1.165, 1.54) is 44.5 Å². The largest absolute Gasteiger partial charge is 0.369 e.